The molecule has 2 aromatic carbocycles. The zero-order valence-electron chi connectivity index (χ0n) is 10.7. The summed E-state index contributed by atoms with van der Waals surface area (Å²) in [5.41, 5.74) is 1.50. The van der Waals surface area contributed by atoms with Gasteiger partial charge in [-0.15, -0.1) is 5.10 Å². The van der Waals surface area contributed by atoms with Crippen LogP contribution in [0.15, 0.2) is 54.7 Å². The minimum absolute atomic E-state index is 0.247. The molecule has 4 nitrogen and oxygen atoms in total. The van der Waals surface area contributed by atoms with Gasteiger partial charge in [0, 0.05) is 5.56 Å². The molecule has 3 aromatic rings. The minimum atomic E-state index is -0.254. The number of ketones is 1. The van der Waals surface area contributed by atoms with E-state index < -0.39 is 0 Å². The average molecular weight is 318 g/mol. The smallest absolute Gasteiger partial charge is 0.214 e. The third kappa shape index (κ3) is 2.82. The highest BCUT2D eigenvalue weighted by molar-refractivity contribution is 6.42. The lowest BCUT2D eigenvalue weighted by atomic mass is 10.1. The Kier molecular flexibility index (Phi) is 3.73. The molecule has 0 aliphatic heterocycles. The van der Waals surface area contributed by atoms with E-state index in [1.165, 1.54) is 6.07 Å². The van der Waals surface area contributed by atoms with E-state index in [4.69, 9.17) is 23.2 Å². The van der Waals surface area contributed by atoms with Crippen molar-refractivity contribution in [2.45, 2.75) is 0 Å². The Bertz CT molecular complexity index is 800. The molecule has 0 fully saturated rings. The van der Waals surface area contributed by atoms with Crippen LogP contribution in [-0.2, 0) is 0 Å². The Morgan fingerprint density at radius 1 is 1.00 bits per heavy atom. The number of rotatable bonds is 3. The SMILES string of the molecule is O=C(c1ccc(Cl)c(Cl)c1)c1cn(-c2ccccc2)nn1. The lowest BCUT2D eigenvalue weighted by Gasteiger charge is -2.00. The summed E-state index contributed by atoms with van der Waals surface area (Å²) in [5.74, 6) is -0.254. The molecule has 21 heavy (non-hydrogen) atoms. The Morgan fingerprint density at radius 3 is 2.48 bits per heavy atom. The number of hydrogen-bond donors (Lipinski definition) is 0. The fraction of sp³-hybridized carbons (Fsp3) is 0. The standard InChI is InChI=1S/C15H9Cl2N3O/c16-12-7-6-10(8-13(12)17)15(21)14-9-20(19-18-14)11-4-2-1-3-5-11/h1-9H. The second-order valence-corrected chi connectivity index (χ2v) is 5.16. The van der Waals surface area contributed by atoms with Crippen molar-refractivity contribution in [2.75, 3.05) is 0 Å². The summed E-state index contributed by atoms with van der Waals surface area (Å²) < 4.78 is 1.55. The number of benzene rings is 2. The first-order chi connectivity index (χ1) is 10.1. The topological polar surface area (TPSA) is 47.8 Å². The van der Waals surface area contributed by atoms with E-state index in [-0.39, 0.29) is 11.5 Å². The van der Waals surface area contributed by atoms with Crippen molar-refractivity contribution in [3.63, 3.8) is 0 Å². The van der Waals surface area contributed by atoms with Gasteiger partial charge in [-0.3, -0.25) is 4.79 Å². The molecule has 0 saturated heterocycles. The molecule has 104 valence electrons. The third-order valence-corrected chi connectivity index (χ3v) is 3.67. The third-order valence-electron chi connectivity index (χ3n) is 2.93. The number of hydrogen-bond acceptors (Lipinski definition) is 3. The maximum Gasteiger partial charge on any atom is 0.214 e. The van der Waals surface area contributed by atoms with Gasteiger partial charge in [0.05, 0.1) is 21.9 Å². The number of para-hydroxylation sites is 1. The van der Waals surface area contributed by atoms with E-state index in [2.05, 4.69) is 10.3 Å². The van der Waals surface area contributed by atoms with Gasteiger partial charge in [0.1, 0.15) is 0 Å². The van der Waals surface area contributed by atoms with Crippen LogP contribution in [0.1, 0.15) is 16.1 Å². The van der Waals surface area contributed by atoms with Crippen LogP contribution in [0, 0.1) is 0 Å². The molecular weight excluding hydrogens is 309 g/mol. The highest BCUT2D eigenvalue weighted by atomic mass is 35.5. The van der Waals surface area contributed by atoms with E-state index in [1.54, 1.807) is 23.0 Å². The number of aromatic nitrogens is 3. The summed E-state index contributed by atoms with van der Waals surface area (Å²) in [5, 5.41) is 8.60. The fourth-order valence-corrected chi connectivity index (χ4v) is 2.16. The second-order valence-electron chi connectivity index (χ2n) is 4.34. The van der Waals surface area contributed by atoms with Crippen molar-refractivity contribution >= 4 is 29.0 Å². The predicted molar refractivity (Wildman–Crippen MR) is 81.3 cm³/mol. The van der Waals surface area contributed by atoms with E-state index in [0.29, 0.717) is 15.6 Å². The van der Waals surface area contributed by atoms with Crippen LogP contribution in [-0.4, -0.2) is 20.8 Å². The van der Waals surface area contributed by atoms with Crippen LogP contribution in [0.2, 0.25) is 10.0 Å². The van der Waals surface area contributed by atoms with Gasteiger partial charge in [0.25, 0.3) is 0 Å². The number of halogens is 2. The molecule has 1 heterocycles. The molecule has 0 saturated carbocycles. The number of carbonyl (C=O) groups is 1. The highest BCUT2D eigenvalue weighted by Gasteiger charge is 2.15. The molecule has 6 heteroatoms. The van der Waals surface area contributed by atoms with Gasteiger partial charge < -0.3 is 0 Å². The van der Waals surface area contributed by atoms with E-state index >= 15 is 0 Å². The second kappa shape index (κ2) is 5.68. The predicted octanol–water partition coefficient (Wildman–Crippen LogP) is 3.81. The van der Waals surface area contributed by atoms with Gasteiger partial charge in [0.15, 0.2) is 5.69 Å². The average Bonchev–Trinajstić information content (AvgIpc) is 3.00. The van der Waals surface area contributed by atoms with Crippen molar-refractivity contribution in [2.24, 2.45) is 0 Å². The Morgan fingerprint density at radius 2 is 1.76 bits per heavy atom. The fourth-order valence-electron chi connectivity index (χ4n) is 1.86. The molecule has 0 aliphatic carbocycles. The summed E-state index contributed by atoms with van der Waals surface area (Å²) in [6.07, 6.45) is 1.58. The van der Waals surface area contributed by atoms with Gasteiger partial charge in [0.2, 0.25) is 5.78 Å². The molecule has 0 atom stereocenters. The zero-order valence-corrected chi connectivity index (χ0v) is 12.2. The van der Waals surface area contributed by atoms with Crippen LogP contribution in [0.5, 0.6) is 0 Å². The maximum absolute atomic E-state index is 12.3. The van der Waals surface area contributed by atoms with Crippen molar-refractivity contribution in [3.05, 3.63) is 76.0 Å². The Hall–Kier alpha value is -2.17. The van der Waals surface area contributed by atoms with Crippen molar-refractivity contribution in [1.82, 2.24) is 15.0 Å². The zero-order chi connectivity index (χ0) is 14.8. The highest BCUT2D eigenvalue weighted by Crippen LogP contribution is 2.23. The van der Waals surface area contributed by atoms with Crippen molar-refractivity contribution in [3.8, 4) is 5.69 Å². The van der Waals surface area contributed by atoms with Crippen LogP contribution in [0.4, 0.5) is 0 Å². The van der Waals surface area contributed by atoms with Gasteiger partial charge in [-0.1, -0.05) is 46.6 Å². The molecule has 3 rings (SSSR count). The van der Waals surface area contributed by atoms with Crippen LogP contribution in [0.3, 0.4) is 0 Å². The van der Waals surface area contributed by atoms with Crippen molar-refractivity contribution < 1.29 is 4.79 Å². The summed E-state index contributed by atoms with van der Waals surface area (Å²) in [7, 11) is 0. The molecular formula is C15H9Cl2N3O. The molecule has 0 aliphatic rings. The lowest BCUT2D eigenvalue weighted by Crippen LogP contribution is -2.01. The Balaban J connectivity index is 1.92. The number of nitrogens with zero attached hydrogens (tertiary/aromatic N) is 3. The van der Waals surface area contributed by atoms with Gasteiger partial charge in [-0.05, 0) is 30.3 Å². The van der Waals surface area contributed by atoms with Gasteiger partial charge >= 0.3 is 0 Å². The van der Waals surface area contributed by atoms with E-state index in [0.717, 1.165) is 5.69 Å². The first-order valence-corrected chi connectivity index (χ1v) is 6.88. The molecule has 0 amide bonds. The summed E-state index contributed by atoms with van der Waals surface area (Å²) in [4.78, 5) is 12.3. The molecule has 0 spiro atoms. The summed E-state index contributed by atoms with van der Waals surface area (Å²) in [6, 6.07) is 14.1. The minimum Gasteiger partial charge on any atom is -0.287 e. The molecule has 1 aromatic heterocycles. The van der Waals surface area contributed by atoms with Crippen LogP contribution >= 0.6 is 23.2 Å². The first-order valence-electron chi connectivity index (χ1n) is 6.12. The molecule has 0 N–H and O–H groups in total. The lowest BCUT2D eigenvalue weighted by molar-refractivity contribution is 0.103. The summed E-state index contributed by atoms with van der Waals surface area (Å²) >= 11 is 11.8. The van der Waals surface area contributed by atoms with Crippen molar-refractivity contribution in [1.29, 1.82) is 0 Å². The number of carbonyl (C=O) groups excluding carboxylic acids is 1. The summed E-state index contributed by atoms with van der Waals surface area (Å²) in [6.45, 7) is 0. The quantitative estimate of drug-likeness (QED) is 0.690. The Labute approximate surface area is 130 Å². The first kappa shape index (κ1) is 13.8. The van der Waals surface area contributed by atoms with Crippen LogP contribution < -0.4 is 0 Å². The monoisotopic (exact) mass is 317 g/mol. The van der Waals surface area contributed by atoms with Crippen LogP contribution in [0.25, 0.3) is 5.69 Å². The molecule has 0 radical (unpaired) electrons. The van der Waals surface area contributed by atoms with Gasteiger partial charge in [-0.2, -0.15) is 0 Å². The maximum atomic E-state index is 12.3. The normalized spacial score (nSPS) is 10.6. The van der Waals surface area contributed by atoms with E-state index in [1.807, 2.05) is 30.3 Å². The molecule has 0 bridgehead atoms. The van der Waals surface area contributed by atoms with Gasteiger partial charge in [-0.25, -0.2) is 4.68 Å². The largest absolute Gasteiger partial charge is 0.287 e. The molecule has 0 unspecified atom stereocenters. The van der Waals surface area contributed by atoms with E-state index in [9.17, 15) is 4.79 Å².